The van der Waals surface area contributed by atoms with Crippen LogP contribution in [0.25, 0.3) is 0 Å². The Bertz CT molecular complexity index is 714. The van der Waals surface area contributed by atoms with Gasteiger partial charge in [-0.05, 0) is 56.7 Å². The first-order valence-corrected chi connectivity index (χ1v) is 8.69. The van der Waals surface area contributed by atoms with Crippen molar-refractivity contribution in [1.29, 1.82) is 0 Å². The number of nitrogens with one attached hydrogen (secondary N) is 2. The molecule has 2 rings (SSSR count). The van der Waals surface area contributed by atoms with E-state index < -0.39 is 5.82 Å². The maximum Gasteiger partial charge on any atom is 0.226 e. The summed E-state index contributed by atoms with van der Waals surface area (Å²) in [6, 6.07) is 12.4. The van der Waals surface area contributed by atoms with Crippen LogP contribution in [0.4, 0.5) is 21.5 Å². The molecule has 4 nitrogen and oxygen atoms in total. The summed E-state index contributed by atoms with van der Waals surface area (Å²) in [6.07, 6.45) is 0.269. The number of para-hydroxylation sites is 1. The lowest BCUT2D eigenvalue weighted by Gasteiger charge is -2.22. The second kappa shape index (κ2) is 9.06. The van der Waals surface area contributed by atoms with Crippen molar-refractivity contribution in [1.82, 2.24) is 0 Å². The summed E-state index contributed by atoms with van der Waals surface area (Å²) in [6.45, 7) is 8.76. The lowest BCUT2D eigenvalue weighted by molar-refractivity contribution is -0.116. The molecule has 0 aromatic heterocycles. The van der Waals surface area contributed by atoms with Crippen molar-refractivity contribution in [2.45, 2.75) is 27.2 Å². The highest BCUT2D eigenvalue weighted by atomic mass is 19.1. The number of halogens is 1. The van der Waals surface area contributed by atoms with Gasteiger partial charge in [0.15, 0.2) is 0 Å². The fourth-order valence-electron chi connectivity index (χ4n) is 2.72. The number of aryl methyl sites for hydroxylation is 1. The lowest BCUT2D eigenvalue weighted by Crippen LogP contribution is -2.22. The minimum atomic E-state index is -0.424. The predicted molar refractivity (Wildman–Crippen MR) is 103 cm³/mol. The standard InChI is InChI=1S/C20H26FN3O/c1-4-24(5-2)16-10-11-18(15(3)14-16)22-13-12-20(25)23-19-9-7-6-8-17(19)21/h6-11,14,22H,4-5,12-13H2,1-3H3,(H,23,25). The van der Waals surface area contributed by atoms with Crippen LogP contribution in [0.1, 0.15) is 25.8 Å². The Morgan fingerprint density at radius 1 is 1.08 bits per heavy atom. The lowest BCUT2D eigenvalue weighted by atomic mass is 10.1. The zero-order valence-corrected chi connectivity index (χ0v) is 15.1. The molecular weight excluding hydrogens is 317 g/mol. The third-order valence-corrected chi connectivity index (χ3v) is 4.15. The maximum atomic E-state index is 13.5. The highest BCUT2D eigenvalue weighted by Crippen LogP contribution is 2.22. The highest BCUT2D eigenvalue weighted by Gasteiger charge is 2.08. The largest absolute Gasteiger partial charge is 0.384 e. The molecule has 0 atom stereocenters. The van der Waals surface area contributed by atoms with Gasteiger partial charge in [0.1, 0.15) is 5.82 Å². The first-order chi connectivity index (χ1) is 12.0. The molecule has 0 fully saturated rings. The van der Waals surface area contributed by atoms with Crippen LogP contribution in [0.2, 0.25) is 0 Å². The van der Waals surface area contributed by atoms with Crippen LogP contribution in [-0.2, 0) is 4.79 Å². The van der Waals surface area contributed by atoms with Gasteiger partial charge in [-0.1, -0.05) is 12.1 Å². The molecule has 0 radical (unpaired) electrons. The Balaban J connectivity index is 1.87. The van der Waals surface area contributed by atoms with Gasteiger partial charge in [-0.3, -0.25) is 4.79 Å². The third kappa shape index (κ3) is 5.21. The van der Waals surface area contributed by atoms with Crippen LogP contribution in [0.3, 0.4) is 0 Å². The number of benzene rings is 2. The van der Waals surface area contributed by atoms with Gasteiger partial charge < -0.3 is 15.5 Å². The Hall–Kier alpha value is -2.56. The number of nitrogens with zero attached hydrogens (tertiary/aromatic N) is 1. The molecule has 2 aromatic rings. The van der Waals surface area contributed by atoms with E-state index >= 15 is 0 Å². The average molecular weight is 343 g/mol. The number of anilines is 3. The van der Waals surface area contributed by atoms with E-state index in [1.807, 2.05) is 6.07 Å². The first kappa shape index (κ1) is 18.8. The average Bonchev–Trinajstić information content (AvgIpc) is 2.60. The summed E-state index contributed by atoms with van der Waals surface area (Å²) in [7, 11) is 0. The van der Waals surface area contributed by atoms with Crippen LogP contribution >= 0.6 is 0 Å². The van der Waals surface area contributed by atoms with Gasteiger partial charge >= 0.3 is 0 Å². The SMILES string of the molecule is CCN(CC)c1ccc(NCCC(=O)Nc2ccccc2F)c(C)c1. The number of carbonyl (C=O) groups is 1. The van der Waals surface area contributed by atoms with Gasteiger partial charge in [0, 0.05) is 37.4 Å². The van der Waals surface area contributed by atoms with E-state index in [0.717, 1.165) is 24.3 Å². The van der Waals surface area contributed by atoms with Crippen molar-refractivity contribution < 1.29 is 9.18 Å². The van der Waals surface area contributed by atoms with Gasteiger partial charge in [-0.25, -0.2) is 4.39 Å². The summed E-state index contributed by atoms with van der Waals surface area (Å²) >= 11 is 0. The van der Waals surface area contributed by atoms with E-state index in [4.69, 9.17) is 0 Å². The monoisotopic (exact) mass is 343 g/mol. The molecule has 2 aromatic carbocycles. The number of hydrogen-bond acceptors (Lipinski definition) is 3. The van der Waals surface area contributed by atoms with E-state index in [1.54, 1.807) is 18.2 Å². The van der Waals surface area contributed by atoms with Crippen molar-refractivity contribution in [3.05, 3.63) is 53.8 Å². The quantitative estimate of drug-likeness (QED) is 0.746. The fraction of sp³-hybridized carbons (Fsp3) is 0.350. The van der Waals surface area contributed by atoms with Crippen LogP contribution in [0.5, 0.6) is 0 Å². The summed E-state index contributed by atoms with van der Waals surface area (Å²) in [5.41, 5.74) is 3.56. The molecule has 0 unspecified atom stereocenters. The Labute approximate surface area is 149 Å². The van der Waals surface area contributed by atoms with Crippen LogP contribution in [-0.4, -0.2) is 25.5 Å². The van der Waals surface area contributed by atoms with Crippen LogP contribution in [0, 0.1) is 12.7 Å². The molecule has 134 valence electrons. The minimum absolute atomic E-state index is 0.213. The topological polar surface area (TPSA) is 44.4 Å². The molecule has 25 heavy (non-hydrogen) atoms. The van der Waals surface area contributed by atoms with E-state index in [2.05, 4.69) is 48.4 Å². The van der Waals surface area contributed by atoms with Crippen molar-refractivity contribution in [2.75, 3.05) is 35.2 Å². The molecule has 1 amide bonds. The van der Waals surface area contributed by atoms with Gasteiger partial charge in [0.05, 0.1) is 5.69 Å². The van der Waals surface area contributed by atoms with Gasteiger partial charge in [-0.15, -0.1) is 0 Å². The molecule has 5 heteroatoms. The third-order valence-electron chi connectivity index (χ3n) is 4.15. The van der Waals surface area contributed by atoms with E-state index in [-0.39, 0.29) is 18.0 Å². The molecule has 0 aliphatic rings. The molecule has 0 saturated carbocycles. The first-order valence-electron chi connectivity index (χ1n) is 8.69. The number of amides is 1. The molecule has 2 N–H and O–H groups in total. The maximum absolute atomic E-state index is 13.5. The van der Waals surface area contributed by atoms with Crippen molar-refractivity contribution in [3.63, 3.8) is 0 Å². The molecular formula is C20H26FN3O. The smallest absolute Gasteiger partial charge is 0.226 e. The van der Waals surface area contributed by atoms with Crippen molar-refractivity contribution in [2.24, 2.45) is 0 Å². The summed E-state index contributed by atoms with van der Waals surface area (Å²) in [5, 5.41) is 5.86. The van der Waals surface area contributed by atoms with E-state index in [0.29, 0.717) is 6.54 Å². The van der Waals surface area contributed by atoms with Crippen LogP contribution < -0.4 is 15.5 Å². The van der Waals surface area contributed by atoms with Gasteiger partial charge in [-0.2, -0.15) is 0 Å². The number of carbonyl (C=O) groups excluding carboxylic acids is 1. The van der Waals surface area contributed by atoms with Crippen molar-refractivity contribution in [3.8, 4) is 0 Å². The Morgan fingerprint density at radius 2 is 1.80 bits per heavy atom. The zero-order valence-electron chi connectivity index (χ0n) is 15.1. The molecule has 0 saturated heterocycles. The van der Waals surface area contributed by atoms with E-state index in [9.17, 15) is 9.18 Å². The summed E-state index contributed by atoms with van der Waals surface area (Å²) < 4.78 is 13.5. The molecule has 0 aliphatic carbocycles. The Morgan fingerprint density at radius 3 is 2.44 bits per heavy atom. The number of hydrogen-bond donors (Lipinski definition) is 2. The second-order valence-electron chi connectivity index (χ2n) is 5.88. The molecule has 0 heterocycles. The fourth-order valence-corrected chi connectivity index (χ4v) is 2.72. The normalized spacial score (nSPS) is 10.4. The second-order valence-corrected chi connectivity index (χ2v) is 5.88. The zero-order chi connectivity index (χ0) is 18.2. The van der Waals surface area contributed by atoms with Crippen molar-refractivity contribution >= 4 is 23.0 Å². The summed E-state index contributed by atoms with van der Waals surface area (Å²) in [5.74, 6) is -0.637. The van der Waals surface area contributed by atoms with Gasteiger partial charge in [0.25, 0.3) is 0 Å². The molecule has 0 spiro atoms. The molecule has 0 aliphatic heterocycles. The number of rotatable bonds is 8. The van der Waals surface area contributed by atoms with Gasteiger partial charge in [0.2, 0.25) is 5.91 Å². The Kier molecular flexibility index (Phi) is 6.81. The van der Waals surface area contributed by atoms with E-state index in [1.165, 1.54) is 11.8 Å². The predicted octanol–water partition coefficient (Wildman–Crippen LogP) is 4.42. The summed E-state index contributed by atoms with van der Waals surface area (Å²) in [4.78, 5) is 14.2. The molecule has 0 bridgehead atoms. The van der Waals surface area contributed by atoms with Crippen LogP contribution in [0.15, 0.2) is 42.5 Å². The minimum Gasteiger partial charge on any atom is -0.384 e. The highest BCUT2D eigenvalue weighted by molar-refractivity contribution is 5.91.